The Balaban J connectivity index is 1.79. The Labute approximate surface area is 124 Å². The van der Waals surface area contributed by atoms with Gasteiger partial charge in [0.1, 0.15) is 11.8 Å². The molecule has 2 fully saturated rings. The molecule has 112 valence electrons. The number of benzene rings is 1. The van der Waals surface area contributed by atoms with Gasteiger partial charge in [-0.05, 0) is 37.8 Å². The fourth-order valence-electron chi connectivity index (χ4n) is 3.22. The van der Waals surface area contributed by atoms with E-state index in [2.05, 4.69) is 0 Å². The molecule has 0 saturated carbocycles. The number of rotatable bonds is 2. The van der Waals surface area contributed by atoms with Crippen LogP contribution in [0.15, 0.2) is 24.3 Å². The largest absolute Gasteiger partial charge is 0.507 e. The molecule has 0 aromatic heterocycles. The van der Waals surface area contributed by atoms with Crippen LogP contribution in [-0.2, 0) is 4.79 Å². The number of hydrogen-bond acceptors (Lipinski definition) is 3. The van der Waals surface area contributed by atoms with E-state index in [0.717, 1.165) is 32.4 Å². The summed E-state index contributed by atoms with van der Waals surface area (Å²) in [6.45, 7) is 2.18. The number of aromatic hydroxyl groups is 1. The van der Waals surface area contributed by atoms with Crippen molar-refractivity contribution in [1.29, 1.82) is 0 Å². The summed E-state index contributed by atoms with van der Waals surface area (Å²) in [5, 5.41) is 9.83. The first-order valence-corrected chi connectivity index (χ1v) is 7.56. The molecular weight excluding hydrogens is 268 g/mol. The van der Waals surface area contributed by atoms with E-state index in [4.69, 9.17) is 0 Å². The van der Waals surface area contributed by atoms with Crippen LogP contribution >= 0.6 is 0 Å². The van der Waals surface area contributed by atoms with E-state index in [9.17, 15) is 14.7 Å². The zero-order valence-electron chi connectivity index (χ0n) is 12.0. The van der Waals surface area contributed by atoms with Crippen molar-refractivity contribution >= 4 is 11.8 Å². The van der Waals surface area contributed by atoms with Gasteiger partial charge in [0.15, 0.2) is 0 Å². The lowest BCUT2D eigenvalue weighted by atomic mass is 10.1. The minimum atomic E-state index is -0.366. The van der Waals surface area contributed by atoms with Gasteiger partial charge in [-0.15, -0.1) is 0 Å². The Morgan fingerprint density at radius 2 is 1.76 bits per heavy atom. The summed E-state index contributed by atoms with van der Waals surface area (Å²) >= 11 is 0. The van der Waals surface area contributed by atoms with Crippen LogP contribution in [0.25, 0.3) is 0 Å². The number of carbonyl (C=O) groups excluding carboxylic acids is 2. The summed E-state index contributed by atoms with van der Waals surface area (Å²) in [6.07, 6.45) is 3.65. The van der Waals surface area contributed by atoms with Crippen molar-refractivity contribution in [3.05, 3.63) is 29.8 Å². The Morgan fingerprint density at radius 1 is 1.05 bits per heavy atom. The molecule has 1 aromatic carbocycles. The number of nitrogens with zero attached hydrogens (tertiary/aromatic N) is 2. The van der Waals surface area contributed by atoms with E-state index in [0.29, 0.717) is 13.0 Å². The molecule has 1 atom stereocenters. The Kier molecular flexibility index (Phi) is 3.82. The second-order valence-corrected chi connectivity index (χ2v) is 5.71. The predicted octanol–water partition coefficient (Wildman–Crippen LogP) is 1.62. The molecule has 0 aliphatic carbocycles. The van der Waals surface area contributed by atoms with E-state index in [1.807, 2.05) is 4.90 Å². The van der Waals surface area contributed by atoms with Crippen molar-refractivity contribution in [1.82, 2.24) is 9.80 Å². The number of carbonyl (C=O) groups is 2. The molecule has 2 aliphatic heterocycles. The lowest BCUT2D eigenvalue weighted by Crippen LogP contribution is -2.46. The van der Waals surface area contributed by atoms with Gasteiger partial charge in [0.05, 0.1) is 5.56 Å². The van der Waals surface area contributed by atoms with Crippen molar-refractivity contribution in [2.75, 3.05) is 19.6 Å². The highest BCUT2D eigenvalue weighted by molar-refractivity contribution is 5.99. The van der Waals surface area contributed by atoms with E-state index < -0.39 is 0 Å². The summed E-state index contributed by atoms with van der Waals surface area (Å²) in [6, 6.07) is 6.15. The maximum atomic E-state index is 12.6. The molecular formula is C16H20N2O3. The molecule has 1 aromatic rings. The minimum Gasteiger partial charge on any atom is -0.507 e. The molecule has 5 heteroatoms. The number of likely N-dealkylation sites (tertiary alicyclic amines) is 2. The number of phenols is 1. The topological polar surface area (TPSA) is 60.9 Å². The smallest absolute Gasteiger partial charge is 0.258 e. The monoisotopic (exact) mass is 288 g/mol. The standard InChI is InChI=1S/C16H20N2O3/c19-14-8-2-1-6-12(14)15(20)18-11-5-7-13(18)16(21)17-9-3-4-10-17/h1-2,6,8,13,19H,3-5,7,9-11H2. The van der Waals surface area contributed by atoms with E-state index in [1.54, 1.807) is 23.1 Å². The van der Waals surface area contributed by atoms with E-state index >= 15 is 0 Å². The molecule has 1 unspecified atom stereocenters. The fourth-order valence-corrected chi connectivity index (χ4v) is 3.22. The molecule has 3 rings (SSSR count). The van der Waals surface area contributed by atoms with Gasteiger partial charge < -0.3 is 14.9 Å². The second kappa shape index (κ2) is 5.76. The predicted molar refractivity (Wildman–Crippen MR) is 78.0 cm³/mol. The van der Waals surface area contributed by atoms with Crippen LogP contribution in [0.4, 0.5) is 0 Å². The lowest BCUT2D eigenvalue weighted by molar-refractivity contribution is -0.134. The maximum Gasteiger partial charge on any atom is 0.258 e. The SMILES string of the molecule is O=C(C1CCCN1C(=O)c1ccccc1O)N1CCCC1. The third-order valence-electron chi connectivity index (χ3n) is 4.35. The minimum absolute atomic E-state index is 0.0261. The van der Waals surface area contributed by atoms with Crippen LogP contribution in [0.2, 0.25) is 0 Å². The van der Waals surface area contributed by atoms with E-state index in [-0.39, 0.29) is 29.2 Å². The van der Waals surface area contributed by atoms with Gasteiger partial charge in [0.25, 0.3) is 5.91 Å². The molecule has 0 bridgehead atoms. The van der Waals surface area contributed by atoms with Gasteiger partial charge in [-0.3, -0.25) is 9.59 Å². The maximum absolute atomic E-state index is 12.6. The highest BCUT2D eigenvalue weighted by Gasteiger charge is 2.37. The number of phenolic OH excluding ortho intramolecular Hbond substituents is 1. The summed E-state index contributed by atoms with van der Waals surface area (Å²) in [5.41, 5.74) is 0.277. The molecule has 2 saturated heterocycles. The van der Waals surface area contributed by atoms with Gasteiger partial charge in [-0.25, -0.2) is 0 Å². The molecule has 0 radical (unpaired) electrons. The first-order chi connectivity index (χ1) is 10.2. The third-order valence-corrected chi connectivity index (χ3v) is 4.35. The molecule has 2 amide bonds. The highest BCUT2D eigenvalue weighted by atomic mass is 16.3. The zero-order valence-corrected chi connectivity index (χ0v) is 12.0. The van der Waals surface area contributed by atoms with Gasteiger partial charge in [0.2, 0.25) is 5.91 Å². The first-order valence-electron chi connectivity index (χ1n) is 7.56. The molecule has 5 nitrogen and oxygen atoms in total. The molecule has 2 heterocycles. The van der Waals surface area contributed by atoms with Crippen LogP contribution in [0, 0.1) is 0 Å². The van der Waals surface area contributed by atoms with Crippen molar-refractivity contribution in [2.24, 2.45) is 0 Å². The zero-order chi connectivity index (χ0) is 14.8. The Hall–Kier alpha value is -2.04. The molecule has 21 heavy (non-hydrogen) atoms. The average molecular weight is 288 g/mol. The highest BCUT2D eigenvalue weighted by Crippen LogP contribution is 2.26. The first kappa shape index (κ1) is 13.9. The summed E-state index contributed by atoms with van der Waals surface area (Å²) in [4.78, 5) is 28.6. The van der Waals surface area contributed by atoms with Gasteiger partial charge in [0, 0.05) is 19.6 Å². The van der Waals surface area contributed by atoms with Gasteiger partial charge in [-0.1, -0.05) is 12.1 Å². The Morgan fingerprint density at radius 3 is 2.48 bits per heavy atom. The van der Waals surface area contributed by atoms with Crippen LogP contribution < -0.4 is 0 Å². The van der Waals surface area contributed by atoms with Crippen LogP contribution in [0.5, 0.6) is 5.75 Å². The van der Waals surface area contributed by atoms with Crippen molar-refractivity contribution < 1.29 is 14.7 Å². The van der Waals surface area contributed by atoms with Gasteiger partial charge in [-0.2, -0.15) is 0 Å². The number of hydrogen-bond donors (Lipinski definition) is 1. The fraction of sp³-hybridized carbons (Fsp3) is 0.500. The molecule has 0 spiro atoms. The van der Waals surface area contributed by atoms with Crippen molar-refractivity contribution in [2.45, 2.75) is 31.7 Å². The summed E-state index contributed by atoms with van der Waals surface area (Å²) < 4.78 is 0. The van der Waals surface area contributed by atoms with Crippen molar-refractivity contribution in [3.63, 3.8) is 0 Å². The second-order valence-electron chi connectivity index (χ2n) is 5.71. The average Bonchev–Trinajstić information content (AvgIpc) is 3.17. The van der Waals surface area contributed by atoms with Gasteiger partial charge >= 0.3 is 0 Å². The lowest BCUT2D eigenvalue weighted by Gasteiger charge is -2.28. The van der Waals surface area contributed by atoms with Crippen molar-refractivity contribution in [3.8, 4) is 5.75 Å². The Bertz CT molecular complexity index is 552. The summed E-state index contributed by atoms with van der Waals surface area (Å²) in [5.74, 6) is -0.210. The van der Waals surface area contributed by atoms with Crippen LogP contribution in [0.3, 0.4) is 0 Å². The third kappa shape index (κ3) is 2.60. The quantitative estimate of drug-likeness (QED) is 0.899. The normalized spacial score (nSPS) is 21.8. The number of para-hydroxylation sites is 1. The molecule has 2 aliphatic rings. The van der Waals surface area contributed by atoms with E-state index in [1.165, 1.54) is 6.07 Å². The van der Waals surface area contributed by atoms with Crippen LogP contribution in [0.1, 0.15) is 36.0 Å². The summed E-state index contributed by atoms with van der Waals surface area (Å²) in [7, 11) is 0. The number of amides is 2. The molecule has 1 N–H and O–H groups in total. The van der Waals surface area contributed by atoms with Crippen LogP contribution in [-0.4, -0.2) is 52.4 Å².